The van der Waals surface area contributed by atoms with Crippen molar-refractivity contribution in [2.45, 2.75) is 6.92 Å². The van der Waals surface area contributed by atoms with E-state index in [-0.39, 0.29) is 0 Å². The van der Waals surface area contributed by atoms with Crippen molar-refractivity contribution in [2.75, 3.05) is 11.7 Å². The highest BCUT2D eigenvalue weighted by Crippen LogP contribution is 2.09. The Bertz CT molecular complexity index is 210. The van der Waals surface area contributed by atoms with Crippen LogP contribution in [0.25, 0.3) is 0 Å². The molecule has 60 valence electrons. The number of benzene rings is 1. The van der Waals surface area contributed by atoms with Crippen LogP contribution < -0.4 is 5.48 Å². The smallest absolute Gasteiger partial charge is 0.0616 e. The summed E-state index contributed by atoms with van der Waals surface area (Å²) in [6.45, 7) is 2.05. The van der Waals surface area contributed by atoms with Crippen LogP contribution in [-0.2, 0) is 4.28 Å². The molecule has 0 fully saturated rings. The quantitative estimate of drug-likeness (QED) is 0.555. The molecular formula is C8H11NOS. The molecule has 0 radical (unpaired) electrons. The Labute approximate surface area is 71.1 Å². The lowest BCUT2D eigenvalue weighted by molar-refractivity contribution is 0.480. The molecule has 0 saturated heterocycles. The molecule has 0 aliphatic carbocycles. The van der Waals surface area contributed by atoms with Crippen molar-refractivity contribution in [1.29, 1.82) is 0 Å². The van der Waals surface area contributed by atoms with Crippen LogP contribution in [0.2, 0.25) is 0 Å². The van der Waals surface area contributed by atoms with Crippen LogP contribution in [0.1, 0.15) is 5.56 Å². The molecule has 0 amide bonds. The highest BCUT2D eigenvalue weighted by Gasteiger charge is 1.88. The van der Waals surface area contributed by atoms with Gasteiger partial charge in [-0.15, -0.1) is 0 Å². The summed E-state index contributed by atoms with van der Waals surface area (Å²) in [4.78, 5) is 0. The molecule has 2 nitrogen and oxygen atoms in total. The summed E-state index contributed by atoms with van der Waals surface area (Å²) in [7, 11) is 0. The van der Waals surface area contributed by atoms with Crippen molar-refractivity contribution in [1.82, 2.24) is 0 Å². The van der Waals surface area contributed by atoms with E-state index in [4.69, 9.17) is 4.28 Å². The zero-order valence-corrected chi connectivity index (χ0v) is 7.44. The molecule has 0 aliphatic rings. The van der Waals surface area contributed by atoms with Gasteiger partial charge in [-0.05, 0) is 19.1 Å². The molecule has 1 N–H and O–H groups in total. The first-order chi connectivity index (χ1) is 5.33. The van der Waals surface area contributed by atoms with Gasteiger partial charge in [-0.3, -0.25) is 5.48 Å². The fourth-order valence-corrected chi connectivity index (χ4v) is 0.891. The summed E-state index contributed by atoms with van der Waals surface area (Å²) in [5.74, 6) is 0. The fourth-order valence-electron chi connectivity index (χ4n) is 0.711. The third-order valence-electron chi connectivity index (χ3n) is 1.29. The largest absolute Gasteiger partial charge is 0.254 e. The zero-order valence-electron chi connectivity index (χ0n) is 6.63. The van der Waals surface area contributed by atoms with Crippen molar-refractivity contribution in [2.24, 2.45) is 0 Å². The maximum Gasteiger partial charge on any atom is 0.0616 e. The predicted molar refractivity (Wildman–Crippen MR) is 49.4 cm³/mol. The predicted octanol–water partition coefficient (Wildman–Crippen LogP) is 2.62. The highest BCUT2D eigenvalue weighted by atomic mass is 32.2. The molecule has 0 atom stereocenters. The minimum Gasteiger partial charge on any atom is -0.254 e. The topological polar surface area (TPSA) is 21.3 Å². The SMILES string of the molecule is CSONc1ccc(C)cc1. The van der Waals surface area contributed by atoms with E-state index in [0.29, 0.717) is 0 Å². The number of anilines is 1. The normalized spacial score (nSPS) is 9.64. The number of aryl methyl sites for hydroxylation is 1. The molecule has 0 unspecified atom stereocenters. The Morgan fingerprint density at radius 2 is 1.91 bits per heavy atom. The minimum atomic E-state index is 0.977. The van der Waals surface area contributed by atoms with Gasteiger partial charge in [-0.1, -0.05) is 17.7 Å². The molecule has 0 spiro atoms. The average molecular weight is 169 g/mol. The standard InChI is InChI=1S/C8H11NOS/c1-7-3-5-8(6-4-7)9-10-11-2/h3-6,9H,1-2H3. The van der Waals surface area contributed by atoms with Crippen molar-refractivity contribution >= 4 is 17.7 Å². The van der Waals surface area contributed by atoms with E-state index in [2.05, 4.69) is 12.4 Å². The van der Waals surface area contributed by atoms with Crippen LogP contribution >= 0.6 is 12.0 Å². The van der Waals surface area contributed by atoms with Gasteiger partial charge in [0.2, 0.25) is 0 Å². The lowest BCUT2D eigenvalue weighted by atomic mass is 10.2. The summed E-state index contributed by atoms with van der Waals surface area (Å²) >= 11 is 1.29. The second-order valence-corrected chi connectivity index (χ2v) is 2.72. The van der Waals surface area contributed by atoms with Gasteiger partial charge in [0.05, 0.1) is 5.69 Å². The fraction of sp³-hybridized carbons (Fsp3) is 0.250. The van der Waals surface area contributed by atoms with Crippen molar-refractivity contribution < 1.29 is 4.28 Å². The van der Waals surface area contributed by atoms with E-state index in [0.717, 1.165) is 5.69 Å². The minimum absolute atomic E-state index is 0.977. The van der Waals surface area contributed by atoms with Gasteiger partial charge < -0.3 is 0 Å². The van der Waals surface area contributed by atoms with Crippen LogP contribution in [0.15, 0.2) is 24.3 Å². The molecule has 0 bridgehead atoms. The van der Waals surface area contributed by atoms with Crippen LogP contribution in [-0.4, -0.2) is 6.26 Å². The Hall–Kier alpha value is -0.670. The Morgan fingerprint density at radius 1 is 1.27 bits per heavy atom. The molecule has 0 aromatic heterocycles. The molecular weight excluding hydrogens is 158 g/mol. The Balaban J connectivity index is 2.52. The van der Waals surface area contributed by atoms with E-state index < -0.39 is 0 Å². The maximum atomic E-state index is 4.93. The molecule has 1 aromatic carbocycles. The molecule has 0 aliphatic heterocycles. The molecule has 0 heterocycles. The van der Waals surface area contributed by atoms with Crippen LogP contribution in [0, 0.1) is 6.92 Å². The van der Waals surface area contributed by atoms with E-state index >= 15 is 0 Å². The number of hydrogen-bond donors (Lipinski definition) is 1. The first-order valence-electron chi connectivity index (χ1n) is 3.35. The monoisotopic (exact) mass is 169 g/mol. The molecule has 1 rings (SSSR count). The summed E-state index contributed by atoms with van der Waals surface area (Å²) in [6, 6.07) is 8.02. The van der Waals surface area contributed by atoms with Gasteiger partial charge in [0.15, 0.2) is 0 Å². The van der Waals surface area contributed by atoms with Gasteiger partial charge >= 0.3 is 0 Å². The number of nitrogens with one attached hydrogen (secondary N) is 1. The van der Waals surface area contributed by atoms with Crippen molar-refractivity contribution in [3.05, 3.63) is 29.8 Å². The van der Waals surface area contributed by atoms with Crippen molar-refractivity contribution in [3.8, 4) is 0 Å². The second-order valence-electron chi connectivity index (χ2n) is 2.22. The molecule has 11 heavy (non-hydrogen) atoms. The third-order valence-corrected chi connectivity index (χ3v) is 1.54. The molecule has 0 saturated carbocycles. The lowest BCUT2D eigenvalue weighted by Gasteiger charge is -2.02. The van der Waals surface area contributed by atoms with E-state index in [1.54, 1.807) is 0 Å². The second kappa shape index (κ2) is 4.26. The maximum absolute atomic E-state index is 4.93. The number of rotatable bonds is 3. The summed E-state index contributed by atoms with van der Waals surface area (Å²) in [6.07, 6.45) is 1.86. The van der Waals surface area contributed by atoms with Crippen LogP contribution in [0.4, 0.5) is 5.69 Å². The Morgan fingerprint density at radius 3 is 2.45 bits per heavy atom. The first-order valence-corrected chi connectivity index (χ1v) is 4.50. The third kappa shape index (κ3) is 2.82. The molecule has 1 aromatic rings. The van der Waals surface area contributed by atoms with E-state index in [1.807, 2.05) is 30.5 Å². The van der Waals surface area contributed by atoms with Gasteiger partial charge in [-0.2, -0.15) is 0 Å². The summed E-state index contributed by atoms with van der Waals surface area (Å²) in [5.41, 5.74) is 5.01. The van der Waals surface area contributed by atoms with Gasteiger partial charge in [0.25, 0.3) is 0 Å². The van der Waals surface area contributed by atoms with Crippen molar-refractivity contribution in [3.63, 3.8) is 0 Å². The number of hydrogen-bond acceptors (Lipinski definition) is 3. The first kappa shape index (κ1) is 8.43. The van der Waals surface area contributed by atoms with Crippen LogP contribution in [0.5, 0.6) is 0 Å². The average Bonchev–Trinajstić information content (AvgIpc) is 2.04. The van der Waals surface area contributed by atoms with Crippen LogP contribution in [0.3, 0.4) is 0 Å². The summed E-state index contributed by atoms with van der Waals surface area (Å²) in [5, 5.41) is 0. The van der Waals surface area contributed by atoms with Gasteiger partial charge in [-0.25, -0.2) is 4.28 Å². The summed E-state index contributed by atoms with van der Waals surface area (Å²) < 4.78 is 4.93. The zero-order chi connectivity index (χ0) is 8.10. The highest BCUT2D eigenvalue weighted by molar-refractivity contribution is 7.93. The lowest BCUT2D eigenvalue weighted by Crippen LogP contribution is -1.92. The van der Waals surface area contributed by atoms with Gasteiger partial charge in [0.1, 0.15) is 0 Å². The Kier molecular flexibility index (Phi) is 3.26. The van der Waals surface area contributed by atoms with E-state index in [9.17, 15) is 0 Å². The van der Waals surface area contributed by atoms with Gasteiger partial charge in [0, 0.05) is 18.3 Å². The van der Waals surface area contributed by atoms with E-state index in [1.165, 1.54) is 17.6 Å². The molecule has 3 heteroatoms.